The van der Waals surface area contributed by atoms with E-state index in [0.29, 0.717) is 37.5 Å². The van der Waals surface area contributed by atoms with Crippen LogP contribution in [0.3, 0.4) is 0 Å². The van der Waals surface area contributed by atoms with Gasteiger partial charge in [0.05, 0.1) is 24.5 Å². The van der Waals surface area contributed by atoms with Crippen molar-refractivity contribution in [3.8, 4) is 5.75 Å². The van der Waals surface area contributed by atoms with Crippen molar-refractivity contribution in [1.82, 2.24) is 9.80 Å². The highest BCUT2D eigenvalue weighted by molar-refractivity contribution is 5.97. The van der Waals surface area contributed by atoms with Gasteiger partial charge in [0.2, 0.25) is 0 Å². The summed E-state index contributed by atoms with van der Waals surface area (Å²) in [5, 5.41) is 0. The summed E-state index contributed by atoms with van der Waals surface area (Å²) >= 11 is 0. The van der Waals surface area contributed by atoms with Gasteiger partial charge in [-0.2, -0.15) is 0 Å². The molecule has 0 atom stereocenters. The van der Waals surface area contributed by atoms with Crippen LogP contribution in [0.5, 0.6) is 5.75 Å². The number of hydrogen-bond acceptors (Lipinski definition) is 4. The standard InChI is InChI=1S/C17H17FN2O4/c1-23-15-3-2-13(18)10-14(15)17(22)20-7-5-19(6-8-20)16(21)12-4-9-24-11-12/h2-4,9-11H,5-8H2,1H3. The first kappa shape index (κ1) is 16.0. The van der Waals surface area contributed by atoms with Crippen molar-refractivity contribution in [1.29, 1.82) is 0 Å². The Hall–Kier alpha value is -2.83. The monoisotopic (exact) mass is 332 g/mol. The van der Waals surface area contributed by atoms with Gasteiger partial charge in [-0.15, -0.1) is 0 Å². The van der Waals surface area contributed by atoms with E-state index in [4.69, 9.17) is 9.15 Å². The number of carbonyl (C=O) groups excluding carboxylic acids is 2. The molecule has 0 unspecified atom stereocenters. The molecule has 6 nitrogen and oxygen atoms in total. The van der Waals surface area contributed by atoms with Crippen LogP contribution in [-0.4, -0.2) is 54.9 Å². The molecule has 1 aliphatic heterocycles. The summed E-state index contributed by atoms with van der Waals surface area (Å²) < 4.78 is 23.5. The maximum absolute atomic E-state index is 13.4. The number of piperazine rings is 1. The molecule has 0 saturated carbocycles. The van der Waals surface area contributed by atoms with E-state index in [-0.39, 0.29) is 17.4 Å². The number of ether oxygens (including phenoxy) is 1. The van der Waals surface area contributed by atoms with Crippen molar-refractivity contribution in [3.05, 3.63) is 53.7 Å². The maximum atomic E-state index is 13.4. The lowest BCUT2D eigenvalue weighted by Crippen LogP contribution is -2.50. The van der Waals surface area contributed by atoms with E-state index in [2.05, 4.69) is 0 Å². The minimum Gasteiger partial charge on any atom is -0.496 e. The molecule has 0 spiro atoms. The van der Waals surface area contributed by atoms with Gasteiger partial charge in [-0.05, 0) is 24.3 Å². The molecule has 2 aromatic rings. The van der Waals surface area contributed by atoms with E-state index >= 15 is 0 Å². The first-order chi connectivity index (χ1) is 11.6. The summed E-state index contributed by atoms with van der Waals surface area (Å²) in [7, 11) is 1.44. The molecule has 2 heterocycles. The molecular formula is C17H17FN2O4. The van der Waals surface area contributed by atoms with Crippen LogP contribution in [-0.2, 0) is 0 Å². The fourth-order valence-corrected chi connectivity index (χ4v) is 2.70. The molecule has 126 valence electrons. The highest BCUT2D eigenvalue weighted by Gasteiger charge is 2.27. The molecule has 7 heteroatoms. The van der Waals surface area contributed by atoms with Crippen LogP contribution in [0, 0.1) is 5.82 Å². The minimum absolute atomic E-state index is 0.126. The summed E-state index contributed by atoms with van der Waals surface area (Å²) in [5.41, 5.74) is 0.675. The van der Waals surface area contributed by atoms with E-state index in [1.54, 1.807) is 15.9 Å². The van der Waals surface area contributed by atoms with Gasteiger partial charge in [0, 0.05) is 26.2 Å². The Balaban J connectivity index is 1.67. The van der Waals surface area contributed by atoms with E-state index in [0.717, 1.165) is 0 Å². The quantitative estimate of drug-likeness (QED) is 0.863. The normalized spacial score (nSPS) is 14.6. The van der Waals surface area contributed by atoms with Gasteiger partial charge in [-0.3, -0.25) is 9.59 Å². The molecule has 1 aliphatic rings. The number of halogens is 1. The van der Waals surface area contributed by atoms with Gasteiger partial charge in [-0.25, -0.2) is 4.39 Å². The van der Waals surface area contributed by atoms with Crippen LogP contribution in [0.4, 0.5) is 4.39 Å². The zero-order valence-electron chi connectivity index (χ0n) is 13.2. The Labute approximate surface area is 138 Å². The molecule has 1 saturated heterocycles. The Morgan fingerprint density at radius 1 is 1.08 bits per heavy atom. The average Bonchev–Trinajstić information content (AvgIpc) is 3.15. The van der Waals surface area contributed by atoms with Crippen LogP contribution in [0.1, 0.15) is 20.7 Å². The van der Waals surface area contributed by atoms with E-state index in [1.807, 2.05) is 0 Å². The Morgan fingerprint density at radius 2 is 1.75 bits per heavy atom. The molecule has 2 amide bonds. The van der Waals surface area contributed by atoms with Crippen molar-refractivity contribution in [3.63, 3.8) is 0 Å². The molecule has 0 aliphatic carbocycles. The smallest absolute Gasteiger partial charge is 0.257 e. The molecule has 0 radical (unpaired) electrons. The van der Waals surface area contributed by atoms with Gasteiger partial charge in [0.15, 0.2) is 0 Å². The second-order valence-corrected chi connectivity index (χ2v) is 5.44. The Morgan fingerprint density at radius 3 is 2.33 bits per heavy atom. The predicted octanol–water partition coefficient (Wildman–Crippen LogP) is 2.03. The van der Waals surface area contributed by atoms with Crippen LogP contribution < -0.4 is 4.74 Å². The molecule has 1 aromatic heterocycles. The molecule has 24 heavy (non-hydrogen) atoms. The summed E-state index contributed by atoms with van der Waals surface area (Å²) in [6.45, 7) is 1.57. The summed E-state index contributed by atoms with van der Waals surface area (Å²) in [5.74, 6) is -0.591. The number of amides is 2. The second kappa shape index (κ2) is 6.74. The number of rotatable bonds is 3. The Kier molecular flexibility index (Phi) is 4.50. The predicted molar refractivity (Wildman–Crippen MR) is 83.5 cm³/mol. The molecule has 1 fully saturated rings. The zero-order chi connectivity index (χ0) is 17.1. The van der Waals surface area contributed by atoms with E-state index < -0.39 is 5.82 Å². The van der Waals surface area contributed by atoms with E-state index in [9.17, 15) is 14.0 Å². The lowest BCUT2D eigenvalue weighted by Gasteiger charge is -2.34. The molecule has 1 aromatic carbocycles. The lowest BCUT2D eigenvalue weighted by molar-refractivity contribution is 0.0533. The van der Waals surface area contributed by atoms with Gasteiger partial charge in [0.25, 0.3) is 11.8 Å². The van der Waals surface area contributed by atoms with Gasteiger partial charge >= 0.3 is 0 Å². The van der Waals surface area contributed by atoms with Gasteiger partial charge in [-0.1, -0.05) is 0 Å². The number of benzene rings is 1. The van der Waals surface area contributed by atoms with Crippen molar-refractivity contribution < 1.29 is 23.1 Å². The van der Waals surface area contributed by atoms with Crippen molar-refractivity contribution in [2.75, 3.05) is 33.3 Å². The third kappa shape index (κ3) is 3.10. The van der Waals surface area contributed by atoms with Gasteiger partial charge in [0.1, 0.15) is 17.8 Å². The van der Waals surface area contributed by atoms with Gasteiger partial charge < -0.3 is 19.0 Å². The van der Waals surface area contributed by atoms with E-state index in [1.165, 1.54) is 37.8 Å². The largest absolute Gasteiger partial charge is 0.496 e. The SMILES string of the molecule is COc1ccc(F)cc1C(=O)N1CCN(C(=O)c2ccoc2)CC1. The van der Waals surface area contributed by atoms with Crippen molar-refractivity contribution in [2.45, 2.75) is 0 Å². The van der Waals surface area contributed by atoms with Crippen LogP contribution >= 0.6 is 0 Å². The first-order valence-electron chi connectivity index (χ1n) is 7.54. The van der Waals surface area contributed by atoms with Crippen molar-refractivity contribution in [2.24, 2.45) is 0 Å². The Bertz CT molecular complexity index is 737. The number of furan rings is 1. The number of carbonyl (C=O) groups is 2. The highest BCUT2D eigenvalue weighted by Crippen LogP contribution is 2.22. The number of hydrogen-bond donors (Lipinski definition) is 0. The summed E-state index contributed by atoms with van der Waals surface area (Å²) in [4.78, 5) is 28.1. The molecular weight excluding hydrogens is 315 g/mol. The number of nitrogens with zero attached hydrogens (tertiary/aromatic N) is 2. The van der Waals surface area contributed by atoms with Crippen LogP contribution in [0.15, 0.2) is 41.2 Å². The second-order valence-electron chi connectivity index (χ2n) is 5.44. The first-order valence-corrected chi connectivity index (χ1v) is 7.54. The zero-order valence-corrected chi connectivity index (χ0v) is 13.2. The highest BCUT2D eigenvalue weighted by atomic mass is 19.1. The van der Waals surface area contributed by atoms with Crippen molar-refractivity contribution >= 4 is 11.8 Å². The summed E-state index contributed by atoms with van der Waals surface area (Å²) in [6.07, 6.45) is 2.85. The van der Waals surface area contributed by atoms with Crippen LogP contribution in [0.2, 0.25) is 0 Å². The third-order valence-electron chi connectivity index (χ3n) is 4.01. The summed E-state index contributed by atoms with van der Waals surface area (Å²) in [6, 6.07) is 5.46. The minimum atomic E-state index is -0.493. The lowest BCUT2D eigenvalue weighted by atomic mass is 10.1. The molecule has 3 rings (SSSR count). The molecule has 0 bridgehead atoms. The number of methoxy groups -OCH3 is 1. The third-order valence-corrected chi connectivity index (χ3v) is 4.01. The maximum Gasteiger partial charge on any atom is 0.257 e. The van der Waals surface area contributed by atoms with Crippen LogP contribution in [0.25, 0.3) is 0 Å². The topological polar surface area (TPSA) is 63.0 Å². The fraction of sp³-hybridized carbons (Fsp3) is 0.294. The molecule has 0 N–H and O–H groups in total. The average molecular weight is 332 g/mol. The fourth-order valence-electron chi connectivity index (χ4n) is 2.70.